The van der Waals surface area contributed by atoms with Gasteiger partial charge in [-0.15, -0.1) is 0 Å². The minimum absolute atomic E-state index is 0.161. The van der Waals surface area contributed by atoms with Gasteiger partial charge in [0.05, 0.1) is 0 Å². The second kappa shape index (κ2) is 6.06. The van der Waals surface area contributed by atoms with Crippen molar-refractivity contribution in [2.75, 3.05) is 6.61 Å². The van der Waals surface area contributed by atoms with Crippen LogP contribution in [0.15, 0.2) is 36.9 Å². The monoisotopic (exact) mass is 300 g/mol. The Morgan fingerprint density at radius 3 is 1.80 bits per heavy atom. The van der Waals surface area contributed by atoms with E-state index in [9.17, 15) is 26.3 Å². The largest absolute Gasteiger partial charge is 0.490 e. The quantitative estimate of drug-likeness (QED) is 0.601. The molecule has 0 bridgehead atoms. The minimum atomic E-state index is -5.55. The molecule has 8 heteroatoms. The second-order valence-electron chi connectivity index (χ2n) is 3.65. The van der Waals surface area contributed by atoms with Gasteiger partial charge in [0.25, 0.3) is 6.10 Å². The van der Waals surface area contributed by atoms with E-state index in [0.717, 1.165) is 12.1 Å². The summed E-state index contributed by atoms with van der Waals surface area (Å²) in [4.78, 5) is 0. The van der Waals surface area contributed by atoms with Gasteiger partial charge in [0.1, 0.15) is 18.1 Å². The molecule has 2 nitrogen and oxygen atoms in total. The predicted octanol–water partition coefficient (Wildman–Crippen LogP) is 4.12. The Labute approximate surface area is 110 Å². The lowest BCUT2D eigenvalue weighted by Gasteiger charge is -2.23. The highest BCUT2D eigenvalue weighted by atomic mass is 19.4. The maximum Gasteiger partial charge on any atom is 0.434 e. The van der Waals surface area contributed by atoms with E-state index in [-0.39, 0.29) is 12.4 Å². The molecule has 0 spiro atoms. The lowest BCUT2D eigenvalue weighted by atomic mass is 10.3. The van der Waals surface area contributed by atoms with Crippen molar-refractivity contribution in [3.05, 3.63) is 36.9 Å². The van der Waals surface area contributed by atoms with Gasteiger partial charge in [-0.05, 0) is 24.3 Å². The van der Waals surface area contributed by atoms with E-state index in [4.69, 9.17) is 4.74 Å². The Balaban J connectivity index is 2.82. The summed E-state index contributed by atoms with van der Waals surface area (Å²) < 4.78 is 82.6. The van der Waals surface area contributed by atoms with Gasteiger partial charge in [0.2, 0.25) is 0 Å². The highest BCUT2D eigenvalue weighted by molar-refractivity contribution is 5.31. The van der Waals surface area contributed by atoms with Crippen LogP contribution in [-0.4, -0.2) is 25.1 Å². The van der Waals surface area contributed by atoms with E-state index in [2.05, 4.69) is 11.3 Å². The summed E-state index contributed by atoms with van der Waals surface area (Å²) in [6.07, 6.45) is -13.5. The van der Waals surface area contributed by atoms with Crippen molar-refractivity contribution in [3.63, 3.8) is 0 Å². The van der Waals surface area contributed by atoms with Gasteiger partial charge >= 0.3 is 12.4 Å². The Morgan fingerprint density at radius 2 is 1.40 bits per heavy atom. The van der Waals surface area contributed by atoms with E-state index in [1.165, 1.54) is 18.2 Å². The van der Waals surface area contributed by atoms with Gasteiger partial charge in [-0.2, -0.15) is 26.3 Å². The molecule has 0 N–H and O–H groups in total. The number of hydrogen-bond donors (Lipinski definition) is 0. The number of hydrogen-bond acceptors (Lipinski definition) is 2. The molecule has 0 aliphatic heterocycles. The van der Waals surface area contributed by atoms with Crippen LogP contribution in [0.3, 0.4) is 0 Å². The summed E-state index contributed by atoms with van der Waals surface area (Å²) in [7, 11) is 0. The summed E-state index contributed by atoms with van der Waals surface area (Å²) in [6.45, 7) is 3.55. The molecule has 0 saturated carbocycles. The third-order valence-electron chi connectivity index (χ3n) is 2.04. The fraction of sp³-hybridized carbons (Fsp3) is 0.333. The summed E-state index contributed by atoms with van der Waals surface area (Å²) in [5.41, 5.74) is 0. The Hall–Kier alpha value is -1.86. The highest BCUT2D eigenvalue weighted by Gasteiger charge is 2.59. The molecule has 1 rings (SSSR count). The smallest absolute Gasteiger partial charge is 0.434 e. The molecule has 0 amide bonds. The van der Waals surface area contributed by atoms with Crippen LogP contribution in [0.4, 0.5) is 26.3 Å². The number of rotatable bonds is 5. The fourth-order valence-electron chi connectivity index (χ4n) is 1.22. The highest BCUT2D eigenvalue weighted by Crippen LogP contribution is 2.36. The molecule has 0 radical (unpaired) electrons. The molecule has 0 fully saturated rings. The molecule has 0 aromatic heterocycles. The zero-order valence-electron chi connectivity index (χ0n) is 9.96. The van der Waals surface area contributed by atoms with Gasteiger partial charge < -0.3 is 9.47 Å². The van der Waals surface area contributed by atoms with Gasteiger partial charge in [-0.3, -0.25) is 0 Å². The Kier molecular flexibility index (Phi) is 4.91. The number of halogens is 6. The third-order valence-corrected chi connectivity index (χ3v) is 2.04. The summed E-state index contributed by atoms with van der Waals surface area (Å²) >= 11 is 0. The fourth-order valence-corrected chi connectivity index (χ4v) is 1.22. The van der Waals surface area contributed by atoms with E-state index in [0.29, 0.717) is 0 Å². The van der Waals surface area contributed by atoms with E-state index >= 15 is 0 Å². The number of alkyl halides is 6. The van der Waals surface area contributed by atoms with Crippen molar-refractivity contribution in [2.45, 2.75) is 18.5 Å². The zero-order valence-corrected chi connectivity index (χ0v) is 9.96. The molecule has 1 aromatic rings. The second-order valence-corrected chi connectivity index (χ2v) is 3.65. The first-order chi connectivity index (χ1) is 9.14. The molecule has 112 valence electrons. The molecule has 0 saturated heterocycles. The van der Waals surface area contributed by atoms with Gasteiger partial charge in [0, 0.05) is 0 Å². The molecular weight excluding hydrogens is 290 g/mol. The lowest BCUT2D eigenvalue weighted by molar-refractivity contribution is -0.299. The first-order valence-electron chi connectivity index (χ1n) is 5.28. The van der Waals surface area contributed by atoms with Gasteiger partial charge in [-0.25, -0.2) is 0 Å². The van der Waals surface area contributed by atoms with Crippen molar-refractivity contribution >= 4 is 0 Å². The molecular formula is C12H10F6O2. The van der Waals surface area contributed by atoms with Crippen molar-refractivity contribution in [2.24, 2.45) is 0 Å². The molecule has 0 aliphatic carbocycles. The molecule has 20 heavy (non-hydrogen) atoms. The average Bonchev–Trinajstić information content (AvgIpc) is 2.32. The van der Waals surface area contributed by atoms with Crippen LogP contribution in [0.2, 0.25) is 0 Å². The lowest BCUT2D eigenvalue weighted by Crippen LogP contribution is -2.46. The molecule has 0 unspecified atom stereocenters. The maximum atomic E-state index is 12.3. The minimum Gasteiger partial charge on any atom is -0.490 e. The first kappa shape index (κ1) is 16.2. The summed E-state index contributed by atoms with van der Waals surface area (Å²) in [5.74, 6) is -0.288. The van der Waals surface area contributed by atoms with Crippen LogP contribution < -0.4 is 9.47 Å². The molecule has 0 aliphatic rings. The van der Waals surface area contributed by atoms with Gasteiger partial charge in [0.15, 0.2) is 0 Å². The topological polar surface area (TPSA) is 18.5 Å². The van der Waals surface area contributed by atoms with Crippen molar-refractivity contribution in [1.29, 1.82) is 0 Å². The normalized spacial score (nSPS) is 12.3. The van der Waals surface area contributed by atoms with Crippen molar-refractivity contribution in [1.82, 2.24) is 0 Å². The van der Waals surface area contributed by atoms with Crippen molar-refractivity contribution < 1.29 is 35.8 Å². The Bertz CT molecular complexity index is 421. The molecule has 0 heterocycles. The first-order valence-corrected chi connectivity index (χ1v) is 5.28. The zero-order chi connectivity index (χ0) is 15.4. The number of ether oxygens (including phenoxy) is 2. The number of benzene rings is 1. The average molecular weight is 300 g/mol. The van der Waals surface area contributed by atoms with E-state index in [1.54, 1.807) is 0 Å². The Morgan fingerprint density at radius 1 is 0.950 bits per heavy atom. The van der Waals surface area contributed by atoms with E-state index < -0.39 is 24.2 Å². The maximum absolute atomic E-state index is 12.3. The van der Waals surface area contributed by atoms with Gasteiger partial charge in [-0.1, -0.05) is 12.7 Å². The van der Waals surface area contributed by atoms with E-state index in [1.807, 2.05) is 0 Å². The standard InChI is InChI=1S/C12H10F6O2/c1-2-7-19-8-3-5-9(6-4-8)20-10(11(13,14)15)12(16,17)18/h2-6,10H,1,7H2. The van der Waals surface area contributed by atoms with Crippen LogP contribution in [0.5, 0.6) is 11.5 Å². The van der Waals surface area contributed by atoms with Crippen LogP contribution in [-0.2, 0) is 0 Å². The summed E-state index contributed by atoms with van der Waals surface area (Å²) in [6, 6.07) is 4.32. The van der Waals surface area contributed by atoms with Crippen LogP contribution >= 0.6 is 0 Å². The molecule has 1 aromatic carbocycles. The van der Waals surface area contributed by atoms with Crippen LogP contribution in [0, 0.1) is 0 Å². The summed E-state index contributed by atoms with van der Waals surface area (Å²) in [5, 5.41) is 0. The SMILES string of the molecule is C=CCOc1ccc(OC(C(F)(F)F)C(F)(F)F)cc1. The van der Waals surface area contributed by atoms with Crippen LogP contribution in [0.25, 0.3) is 0 Å². The molecule has 0 atom stereocenters. The van der Waals surface area contributed by atoms with Crippen molar-refractivity contribution in [3.8, 4) is 11.5 Å². The van der Waals surface area contributed by atoms with Crippen LogP contribution in [0.1, 0.15) is 0 Å². The predicted molar refractivity (Wildman–Crippen MR) is 58.7 cm³/mol. The third kappa shape index (κ3) is 4.67.